The van der Waals surface area contributed by atoms with Gasteiger partial charge < -0.3 is 0 Å². The molecular weight excluding hydrogens is 240 g/mol. The van der Waals surface area contributed by atoms with Crippen LogP contribution in [0.15, 0.2) is 23.3 Å². The van der Waals surface area contributed by atoms with E-state index >= 15 is 0 Å². The molecule has 0 saturated heterocycles. The third-order valence-corrected chi connectivity index (χ3v) is 6.76. The summed E-state index contributed by atoms with van der Waals surface area (Å²) in [5.41, 5.74) is 4.32. The zero-order valence-electron chi connectivity index (χ0n) is 14.1. The smallest absolute Gasteiger partial charge is 0.0110 e. The Morgan fingerprint density at radius 1 is 1.10 bits per heavy atom. The van der Waals surface area contributed by atoms with Gasteiger partial charge in [0.1, 0.15) is 0 Å². The zero-order valence-corrected chi connectivity index (χ0v) is 14.1. The van der Waals surface area contributed by atoms with Gasteiger partial charge in [0.25, 0.3) is 0 Å². The molecule has 0 amide bonds. The molecular formula is C20H32. The van der Waals surface area contributed by atoms with Crippen LogP contribution in [-0.4, -0.2) is 0 Å². The van der Waals surface area contributed by atoms with Gasteiger partial charge in [0.05, 0.1) is 0 Å². The summed E-state index contributed by atoms with van der Waals surface area (Å²) in [5, 5.41) is 0. The lowest BCUT2D eigenvalue weighted by molar-refractivity contribution is 0.172. The van der Waals surface area contributed by atoms with Gasteiger partial charge >= 0.3 is 0 Å². The van der Waals surface area contributed by atoms with Gasteiger partial charge in [-0.25, -0.2) is 0 Å². The highest BCUT2D eigenvalue weighted by Gasteiger charge is 2.44. The van der Waals surface area contributed by atoms with E-state index in [0.717, 1.165) is 17.8 Å². The molecule has 0 heteroatoms. The summed E-state index contributed by atoms with van der Waals surface area (Å²) < 4.78 is 0. The molecule has 3 aliphatic rings. The van der Waals surface area contributed by atoms with Crippen molar-refractivity contribution in [3.63, 3.8) is 0 Å². The molecule has 0 aromatic carbocycles. The number of allylic oxidation sites excluding steroid dienone is 4. The van der Waals surface area contributed by atoms with Gasteiger partial charge in [-0.15, -0.1) is 0 Å². The fourth-order valence-electron chi connectivity index (χ4n) is 5.13. The summed E-state index contributed by atoms with van der Waals surface area (Å²) >= 11 is 0. The van der Waals surface area contributed by atoms with Crippen molar-refractivity contribution in [2.24, 2.45) is 28.6 Å². The molecule has 1 saturated carbocycles. The summed E-state index contributed by atoms with van der Waals surface area (Å²) in [7, 11) is 0. The summed E-state index contributed by atoms with van der Waals surface area (Å²) in [5.74, 6) is 2.74. The fourth-order valence-corrected chi connectivity index (χ4v) is 5.13. The molecule has 20 heavy (non-hydrogen) atoms. The van der Waals surface area contributed by atoms with Gasteiger partial charge in [0, 0.05) is 0 Å². The Kier molecular flexibility index (Phi) is 3.42. The first-order valence-electron chi connectivity index (χ1n) is 8.70. The predicted molar refractivity (Wildman–Crippen MR) is 87.6 cm³/mol. The summed E-state index contributed by atoms with van der Waals surface area (Å²) in [4.78, 5) is 0. The van der Waals surface area contributed by atoms with E-state index in [4.69, 9.17) is 0 Å². The standard InChI is InChI=1S/C20H32/c1-14-6-8-16-12-19(3,4)10-11-20(16,5)13-18-15(2)7-9-17(14)18/h6,12,15,17-18H,7-11,13H2,1-5H3/b14-6-/t15?,17-,18-,20+/m0/s1. The van der Waals surface area contributed by atoms with Crippen molar-refractivity contribution in [2.45, 2.75) is 73.1 Å². The van der Waals surface area contributed by atoms with E-state index in [1.54, 1.807) is 11.1 Å². The van der Waals surface area contributed by atoms with Gasteiger partial charge in [-0.1, -0.05) is 51.0 Å². The molecule has 3 rings (SSSR count). The Morgan fingerprint density at radius 3 is 2.60 bits per heavy atom. The van der Waals surface area contributed by atoms with Crippen molar-refractivity contribution in [2.75, 3.05) is 0 Å². The van der Waals surface area contributed by atoms with Gasteiger partial charge in [0.15, 0.2) is 0 Å². The summed E-state index contributed by atoms with van der Waals surface area (Å²) in [6.07, 6.45) is 13.5. The van der Waals surface area contributed by atoms with Crippen molar-refractivity contribution in [1.29, 1.82) is 0 Å². The van der Waals surface area contributed by atoms with Gasteiger partial charge in [-0.2, -0.15) is 0 Å². The van der Waals surface area contributed by atoms with Crippen LogP contribution in [0.5, 0.6) is 0 Å². The second kappa shape index (κ2) is 4.75. The Hall–Kier alpha value is -0.520. The average molecular weight is 272 g/mol. The lowest BCUT2D eigenvalue weighted by Gasteiger charge is -2.45. The monoisotopic (exact) mass is 272 g/mol. The Labute approximate surface area is 125 Å². The van der Waals surface area contributed by atoms with Crippen LogP contribution in [0, 0.1) is 28.6 Å². The molecule has 1 unspecified atom stereocenters. The highest BCUT2D eigenvalue weighted by atomic mass is 14.5. The first-order chi connectivity index (χ1) is 9.31. The molecule has 1 fully saturated rings. The van der Waals surface area contributed by atoms with Crippen LogP contribution in [0.4, 0.5) is 0 Å². The molecule has 0 spiro atoms. The minimum Gasteiger partial charge on any atom is -0.0812 e. The Morgan fingerprint density at radius 2 is 1.85 bits per heavy atom. The molecule has 0 heterocycles. The third kappa shape index (κ3) is 2.40. The van der Waals surface area contributed by atoms with E-state index in [1.165, 1.54) is 38.5 Å². The van der Waals surface area contributed by atoms with E-state index in [0.29, 0.717) is 10.8 Å². The van der Waals surface area contributed by atoms with Crippen LogP contribution in [0.3, 0.4) is 0 Å². The van der Waals surface area contributed by atoms with Gasteiger partial charge in [0.2, 0.25) is 0 Å². The molecule has 4 atom stereocenters. The second-order valence-electron chi connectivity index (χ2n) is 8.90. The Bertz CT molecular complexity index is 451. The number of rotatable bonds is 0. The quantitative estimate of drug-likeness (QED) is 0.464. The first kappa shape index (κ1) is 14.4. The fraction of sp³-hybridized carbons (Fsp3) is 0.800. The van der Waals surface area contributed by atoms with Gasteiger partial charge in [-0.05, 0) is 74.0 Å². The molecule has 3 aliphatic carbocycles. The molecule has 0 N–H and O–H groups in total. The molecule has 112 valence electrons. The minimum absolute atomic E-state index is 0.413. The maximum absolute atomic E-state index is 2.63. The highest BCUT2D eigenvalue weighted by molar-refractivity contribution is 5.27. The van der Waals surface area contributed by atoms with Crippen LogP contribution in [0.1, 0.15) is 73.1 Å². The van der Waals surface area contributed by atoms with E-state index in [-0.39, 0.29) is 0 Å². The molecule has 0 aromatic rings. The van der Waals surface area contributed by atoms with E-state index in [1.807, 2.05) is 0 Å². The molecule has 0 nitrogen and oxygen atoms in total. The lowest BCUT2D eigenvalue weighted by Crippen LogP contribution is -2.34. The van der Waals surface area contributed by atoms with Crippen molar-refractivity contribution in [3.8, 4) is 0 Å². The maximum Gasteiger partial charge on any atom is -0.0110 e. The van der Waals surface area contributed by atoms with Crippen LogP contribution >= 0.6 is 0 Å². The highest BCUT2D eigenvalue weighted by Crippen LogP contribution is 2.55. The number of fused-ring (bicyclic) bond motifs is 2. The summed E-state index contributed by atoms with van der Waals surface area (Å²) in [6, 6.07) is 0. The molecule has 0 radical (unpaired) electrons. The summed E-state index contributed by atoms with van der Waals surface area (Å²) in [6.45, 7) is 12.3. The Balaban J connectivity index is 1.99. The lowest BCUT2D eigenvalue weighted by atomic mass is 9.60. The van der Waals surface area contributed by atoms with Gasteiger partial charge in [-0.3, -0.25) is 0 Å². The largest absolute Gasteiger partial charge is 0.0812 e. The third-order valence-electron chi connectivity index (χ3n) is 6.76. The van der Waals surface area contributed by atoms with Crippen LogP contribution in [0.25, 0.3) is 0 Å². The van der Waals surface area contributed by atoms with Crippen LogP contribution in [-0.2, 0) is 0 Å². The van der Waals surface area contributed by atoms with E-state index in [9.17, 15) is 0 Å². The topological polar surface area (TPSA) is 0 Å². The normalized spacial score (nSPS) is 46.4. The maximum atomic E-state index is 2.63. The predicted octanol–water partition coefficient (Wildman–Crippen LogP) is 6.14. The first-order valence-corrected chi connectivity index (χ1v) is 8.70. The van der Waals surface area contributed by atoms with E-state index in [2.05, 4.69) is 46.8 Å². The number of hydrogen-bond donors (Lipinski definition) is 0. The SMILES string of the molecule is C/C1=C/CC2=CC(C)(C)CC[C@]2(C)C[C@H]2C(C)CC[C@@H]12. The van der Waals surface area contributed by atoms with E-state index < -0.39 is 0 Å². The number of hydrogen-bond acceptors (Lipinski definition) is 0. The van der Waals surface area contributed by atoms with Crippen molar-refractivity contribution in [1.82, 2.24) is 0 Å². The molecule has 0 bridgehead atoms. The molecule has 0 aliphatic heterocycles. The zero-order chi connectivity index (χ0) is 14.5. The van der Waals surface area contributed by atoms with Crippen LogP contribution < -0.4 is 0 Å². The minimum atomic E-state index is 0.413. The van der Waals surface area contributed by atoms with Crippen molar-refractivity contribution >= 4 is 0 Å². The van der Waals surface area contributed by atoms with Crippen molar-refractivity contribution in [3.05, 3.63) is 23.3 Å². The van der Waals surface area contributed by atoms with Crippen molar-refractivity contribution < 1.29 is 0 Å². The molecule has 0 aromatic heterocycles. The average Bonchev–Trinajstić information content (AvgIpc) is 2.71. The second-order valence-corrected chi connectivity index (χ2v) is 8.90. The van der Waals surface area contributed by atoms with Crippen LogP contribution in [0.2, 0.25) is 0 Å².